The smallest absolute Gasteiger partial charge is 0.248 e. The summed E-state index contributed by atoms with van der Waals surface area (Å²) in [5.74, 6) is -0.801. The zero-order chi connectivity index (χ0) is 14.9. The predicted molar refractivity (Wildman–Crippen MR) is 76.3 cm³/mol. The first-order valence-electron chi connectivity index (χ1n) is 6.54. The largest absolute Gasteiger partial charge is 0.398 e. The third-order valence-corrected chi connectivity index (χ3v) is 5.84. The molecule has 1 heterocycles. The van der Waals surface area contributed by atoms with E-state index in [0.717, 1.165) is 32.0 Å². The number of hydrogen-bond acceptors (Lipinski definition) is 4. The van der Waals surface area contributed by atoms with Crippen molar-refractivity contribution in [2.45, 2.75) is 23.8 Å². The maximum Gasteiger partial charge on any atom is 0.248 e. The molecule has 2 rings (SSSR count). The van der Waals surface area contributed by atoms with Crippen LogP contribution < -0.4 is 5.73 Å². The van der Waals surface area contributed by atoms with E-state index in [2.05, 4.69) is 4.90 Å². The van der Waals surface area contributed by atoms with Crippen LogP contribution in [0.4, 0.5) is 10.1 Å². The average molecular weight is 301 g/mol. The molecule has 1 aliphatic heterocycles. The number of piperidine rings is 1. The van der Waals surface area contributed by atoms with Crippen molar-refractivity contribution in [3.05, 3.63) is 24.0 Å². The fourth-order valence-corrected chi connectivity index (χ4v) is 4.07. The minimum absolute atomic E-state index is 0.0511. The van der Waals surface area contributed by atoms with Gasteiger partial charge in [0.15, 0.2) is 0 Å². The first kappa shape index (κ1) is 15.2. The van der Waals surface area contributed by atoms with Crippen molar-refractivity contribution < 1.29 is 12.8 Å². The van der Waals surface area contributed by atoms with Gasteiger partial charge in [0.25, 0.3) is 0 Å². The number of halogens is 1. The molecule has 0 aromatic heterocycles. The lowest BCUT2D eigenvalue weighted by molar-refractivity contribution is 0.197. The van der Waals surface area contributed by atoms with Crippen LogP contribution in [-0.4, -0.2) is 50.8 Å². The quantitative estimate of drug-likeness (QED) is 0.850. The van der Waals surface area contributed by atoms with E-state index < -0.39 is 20.7 Å². The van der Waals surface area contributed by atoms with Crippen LogP contribution in [0.1, 0.15) is 12.8 Å². The number of nitrogens with two attached hydrogens (primary N) is 1. The second-order valence-corrected chi connectivity index (χ2v) is 7.15. The highest BCUT2D eigenvalue weighted by molar-refractivity contribution is 7.89. The molecule has 0 amide bonds. The molecule has 0 spiro atoms. The Morgan fingerprint density at radius 2 is 1.95 bits per heavy atom. The van der Waals surface area contributed by atoms with Crippen LogP contribution in [0.5, 0.6) is 0 Å². The van der Waals surface area contributed by atoms with Crippen molar-refractivity contribution in [2.75, 3.05) is 32.9 Å². The summed E-state index contributed by atoms with van der Waals surface area (Å²) in [6.07, 6.45) is 1.47. The highest BCUT2D eigenvalue weighted by atomic mass is 32.2. The number of nitrogen functional groups attached to an aromatic ring is 1. The average Bonchev–Trinajstić information content (AvgIpc) is 2.38. The lowest BCUT2D eigenvalue weighted by Crippen LogP contribution is -2.44. The van der Waals surface area contributed by atoms with Crippen molar-refractivity contribution >= 4 is 15.7 Å². The maximum atomic E-state index is 13.8. The lowest BCUT2D eigenvalue weighted by atomic mass is 10.1. The Morgan fingerprint density at radius 1 is 1.35 bits per heavy atom. The van der Waals surface area contributed by atoms with Crippen molar-refractivity contribution in [2.24, 2.45) is 0 Å². The van der Waals surface area contributed by atoms with Gasteiger partial charge in [0.1, 0.15) is 10.7 Å². The zero-order valence-corrected chi connectivity index (χ0v) is 12.5. The number of hydrogen-bond donors (Lipinski definition) is 1. The van der Waals surface area contributed by atoms with Gasteiger partial charge in [0.05, 0.1) is 5.69 Å². The SMILES string of the molecule is CN1CCC(N(C)S(=O)(=O)c2c(N)cccc2F)CC1. The molecule has 0 saturated carbocycles. The Bertz CT molecular complexity index is 563. The predicted octanol–water partition coefficient (Wildman–Crippen LogP) is 1.12. The van der Waals surface area contributed by atoms with Crippen LogP contribution in [0, 0.1) is 5.82 Å². The van der Waals surface area contributed by atoms with Crippen molar-refractivity contribution in [3.8, 4) is 0 Å². The molecule has 0 unspecified atom stereocenters. The molecule has 1 saturated heterocycles. The highest BCUT2D eigenvalue weighted by Crippen LogP contribution is 2.28. The van der Waals surface area contributed by atoms with Crippen molar-refractivity contribution in [1.29, 1.82) is 0 Å². The Kier molecular flexibility index (Phi) is 4.31. The molecule has 0 aliphatic carbocycles. The number of benzene rings is 1. The summed E-state index contributed by atoms with van der Waals surface area (Å²) in [6.45, 7) is 1.66. The molecule has 0 radical (unpaired) electrons. The summed E-state index contributed by atoms with van der Waals surface area (Å²) in [6, 6.07) is 3.80. The number of nitrogens with zero attached hydrogens (tertiary/aromatic N) is 2. The van der Waals surface area contributed by atoms with E-state index in [1.807, 2.05) is 7.05 Å². The third kappa shape index (κ3) is 2.79. The second kappa shape index (κ2) is 5.67. The molecular weight excluding hydrogens is 281 g/mol. The highest BCUT2D eigenvalue weighted by Gasteiger charge is 2.33. The monoisotopic (exact) mass is 301 g/mol. The minimum atomic E-state index is -3.90. The molecule has 2 N–H and O–H groups in total. The standard InChI is InChI=1S/C13H20FN3O2S/c1-16-8-6-10(7-9-16)17(2)20(18,19)13-11(14)4-3-5-12(13)15/h3-5,10H,6-9,15H2,1-2H3. The fourth-order valence-electron chi connectivity index (χ4n) is 2.50. The molecule has 5 nitrogen and oxygen atoms in total. The van der Waals surface area contributed by atoms with Crippen LogP contribution >= 0.6 is 0 Å². The van der Waals surface area contributed by atoms with E-state index in [4.69, 9.17) is 5.73 Å². The van der Waals surface area contributed by atoms with Gasteiger partial charge in [0, 0.05) is 13.1 Å². The first-order valence-corrected chi connectivity index (χ1v) is 7.98. The van der Waals surface area contributed by atoms with Crippen molar-refractivity contribution in [3.63, 3.8) is 0 Å². The molecule has 0 atom stereocenters. The Morgan fingerprint density at radius 3 is 2.50 bits per heavy atom. The van der Waals surface area contributed by atoms with Gasteiger partial charge in [0.2, 0.25) is 10.0 Å². The maximum absolute atomic E-state index is 13.8. The van der Waals surface area contributed by atoms with E-state index in [9.17, 15) is 12.8 Å². The van der Waals surface area contributed by atoms with Gasteiger partial charge in [-0.15, -0.1) is 0 Å². The van der Waals surface area contributed by atoms with Gasteiger partial charge < -0.3 is 10.6 Å². The van der Waals surface area contributed by atoms with Crippen LogP contribution in [-0.2, 0) is 10.0 Å². The summed E-state index contributed by atoms with van der Waals surface area (Å²) in [5, 5.41) is 0. The number of sulfonamides is 1. The minimum Gasteiger partial charge on any atom is -0.398 e. The molecule has 7 heteroatoms. The van der Waals surface area contributed by atoms with Gasteiger partial charge in [-0.05, 0) is 45.1 Å². The van der Waals surface area contributed by atoms with E-state index in [0.29, 0.717) is 0 Å². The molecule has 0 bridgehead atoms. The van der Waals surface area contributed by atoms with Gasteiger partial charge in [-0.25, -0.2) is 12.8 Å². The topological polar surface area (TPSA) is 66.6 Å². The molecular formula is C13H20FN3O2S. The zero-order valence-electron chi connectivity index (χ0n) is 11.7. The van der Waals surface area contributed by atoms with Crippen LogP contribution in [0.3, 0.4) is 0 Å². The Labute approximate surface area is 119 Å². The summed E-state index contributed by atoms with van der Waals surface area (Å²) in [7, 11) is -0.406. The number of anilines is 1. The van der Waals surface area contributed by atoms with Gasteiger partial charge in [-0.3, -0.25) is 0 Å². The normalized spacial score (nSPS) is 18.6. The third-order valence-electron chi connectivity index (χ3n) is 3.84. The van der Waals surface area contributed by atoms with E-state index in [1.54, 1.807) is 0 Å². The van der Waals surface area contributed by atoms with Crippen molar-refractivity contribution in [1.82, 2.24) is 9.21 Å². The molecule has 1 fully saturated rings. The Hall–Kier alpha value is -1.18. The fraction of sp³-hybridized carbons (Fsp3) is 0.538. The molecule has 1 aromatic carbocycles. The van der Waals surface area contributed by atoms with Gasteiger partial charge in [-0.2, -0.15) is 4.31 Å². The van der Waals surface area contributed by atoms with Crippen LogP contribution in [0.25, 0.3) is 0 Å². The molecule has 1 aromatic rings. The summed E-state index contributed by atoms with van der Waals surface area (Å²) >= 11 is 0. The van der Waals surface area contributed by atoms with Gasteiger partial charge >= 0.3 is 0 Å². The van der Waals surface area contributed by atoms with Gasteiger partial charge in [-0.1, -0.05) is 6.07 Å². The van der Waals surface area contributed by atoms with E-state index >= 15 is 0 Å². The molecule has 1 aliphatic rings. The summed E-state index contributed by atoms with van der Waals surface area (Å²) in [5.41, 5.74) is 5.59. The molecule has 20 heavy (non-hydrogen) atoms. The van der Waals surface area contributed by atoms with E-state index in [-0.39, 0.29) is 11.7 Å². The van der Waals surface area contributed by atoms with E-state index in [1.165, 1.54) is 23.5 Å². The summed E-state index contributed by atoms with van der Waals surface area (Å²) < 4.78 is 40.2. The van der Waals surface area contributed by atoms with Crippen LogP contribution in [0.2, 0.25) is 0 Å². The molecule has 112 valence electrons. The number of likely N-dealkylation sites (tertiary alicyclic amines) is 1. The summed E-state index contributed by atoms with van der Waals surface area (Å²) in [4.78, 5) is 1.73. The second-order valence-electron chi connectivity index (χ2n) is 5.21. The first-order chi connectivity index (χ1) is 9.34. The lowest BCUT2D eigenvalue weighted by Gasteiger charge is -2.34. The Balaban J connectivity index is 2.30. The van der Waals surface area contributed by atoms with Crippen LogP contribution in [0.15, 0.2) is 23.1 Å². The number of rotatable bonds is 3.